The van der Waals surface area contributed by atoms with Crippen molar-refractivity contribution in [3.05, 3.63) is 29.3 Å². The third-order valence-corrected chi connectivity index (χ3v) is 4.60. The average molecular weight is 307 g/mol. The summed E-state index contributed by atoms with van der Waals surface area (Å²) in [6.45, 7) is 0. The van der Waals surface area contributed by atoms with Crippen molar-refractivity contribution in [3.63, 3.8) is 0 Å². The molecule has 1 aliphatic carbocycles. The van der Waals surface area contributed by atoms with E-state index in [1.165, 1.54) is 24.2 Å². The molecule has 21 heavy (non-hydrogen) atoms. The zero-order chi connectivity index (χ0) is 14.8. The topological polar surface area (TPSA) is 49.4 Å². The molecule has 1 atom stereocenters. The molecule has 0 radical (unpaired) electrons. The van der Waals surface area contributed by atoms with Gasteiger partial charge in [-0.05, 0) is 25.0 Å². The minimum atomic E-state index is -0.406. The van der Waals surface area contributed by atoms with Crippen LogP contribution in [0.1, 0.15) is 38.5 Å². The third-order valence-electron chi connectivity index (χ3n) is 4.28. The Morgan fingerprint density at radius 2 is 1.81 bits per heavy atom. The van der Waals surface area contributed by atoms with Crippen LogP contribution in [0.25, 0.3) is 0 Å². The fourth-order valence-corrected chi connectivity index (χ4v) is 3.42. The van der Waals surface area contributed by atoms with E-state index in [1.54, 1.807) is 24.3 Å². The number of benzene rings is 1. The molecule has 1 saturated heterocycles. The maximum absolute atomic E-state index is 12.5. The number of halogens is 1. The molecular formula is C16H19ClN2O2. The molecule has 3 rings (SSSR count). The van der Waals surface area contributed by atoms with E-state index in [9.17, 15) is 9.59 Å². The SMILES string of the molecule is O=C1C[C@H](NC2CCCCC2)C(=O)N1c1ccccc1Cl. The molecule has 1 heterocycles. The molecule has 112 valence electrons. The van der Waals surface area contributed by atoms with Gasteiger partial charge < -0.3 is 5.32 Å². The average Bonchev–Trinajstić information content (AvgIpc) is 2.76. The first-order chi connectivity index (χ1) is 10.2. The first-order valence-corrected chi connectivity index (χ1v) is 7.92. The van der Waals surface area contributed by atoms with E-state index in [1.807, 2.05) is 0 Å². The number of nitrogens with one attached hydrogen (secondary N) is 1. The lowest BCUT2D eigenvalue weighted by atomic mass is 9.95. The molecule has 1 aliphatic heterocycles. The number of hydrogen-bond acceptors (Lipinski definition) is 3. The van der Waals surface area contributed by atoms with Gasteiger partial charge in [-0.2, -0.15) is 0 Å². The minimum absolute atomic E-state index is 0.179. The van der Waals surface area contributed by atoms with Crippen molar-refractivity contribution in [1.29, 1.82) is 0 Å². The number of amides is 2. The second kappa shape index (κ2) is 6.16. The lowest BCUT2D eigenvalue weighted by Gasteiger charge is -2.25. The summed E-state index contributed by atoms with van der Waals surface area (Å²) in [4.78, 5) is 25.9. The van der Waals surface area contributed by atoms with Crippen LogP contribution in [0.3, 0.4) is 0 Å². The first-order valence-electron chi connectivity index (χ1n) is 7.54. The number of imide groups is 1. The number of rotatable bonds is 3. The lowest BCUT2D eigenvalue weighted by Crippen LogP contribution is -2.44. The highest BCUT2D eigenvalue weighted by atomic mass is 35.5. The second-order valence-corrected chi connectivity index (χ2v) is 6.18. The van der Waals surface area contributed by atoms with Crippen molar-refractivity contribution in [2.45, 2.75) is 50.6 Å². The molecule has 1 aromatic rings. The Hall–Kier alpha value is -1.39. The number of hydrogen-bond donors (Lipinski definition) is 1. The van der Waals surface area contributed by atoms with Gasteiger partial charge in [0.2, 0.25) is 5.91 Å². The molecular weight excluding hydrogens is 288 g/mol. The van der Waals surface area contributed by atoms with Gasteiger partial charge in [0.05, 0.1) is 23.2 Å². The van der Waals surface area contributed by atoms with Gasteiger partial charge in [-0.1, -0.05) is 43.0 Å². The zero-order valence-electron chi connectivity index (χ0n) is 11.8. The van der Waals surface area contributed by atoms with E-state index >= 15 is 0 Å². The summed E-state index contributed by atoms with van der Waals surface area (Å²) in [5.74, 6) is -0.361. The Morgan fingerprint density at radius 3 is 2.52 bits per heavy atom. The van der Waals surface area contributed by atoms with Gasteiger partial charge in [-0.25, -0.2) is 4.90 Å². The Labute approximate surface area is 129 Å². The van der Waals surface area contributed by atoms with Crippen molar-refractivity contribution < 1.29 is 9.59 Å². The van der Waals surface area contributed by atoms with Crippen molar-refractivity contribution >= 4 is 29.1 Å². The first kappa shape index (κ1) is 14.5. The minimum Gasteiger partial charge on any atom is -0.303 e. The Bertz CT molecular complexity index is 555. The van der Waals surface area contributed by atoms with Crippen molar-refractivity contribution in [2.24, 2.45) is 0 Å². The molecule has 1 saturated carbocycles. The van der Waals surface area contributed by atoms with E-state index in [-0.39, 0.29) is 18.2 Å². The maximum Gasteiger partial charge on any atom is 0.251 e. The third kappa shape index (κ3) is 2.97. The van der Waals surface area contributed by atoms with Gasteiger partial charge in [-0.3, -0.25) is 9.59 Å². The maximum atomic E-state index is 12.5. The van der Waals surface area contributed by atoms with Crippen LogP contribution in [0, 0.1) is 0 Å². The summed E-state index contributed by atoms with van der Waals surface area (Å²) in [7, 11) is 0. The number of carbonyl (C=O) groups excluding carboxylic acids is 2. The summed E-state index contributed by atoms with van der Waals surface area (Å²) in [5.41, 5.74) is 0.488. The van der Waals surface area contributed by atoms with Gasteiger partial charge in [0.15, 0.2) is 0 Å². The Balaban J connectivity index is 1.74. The highest BCUT2D eigenvalue weighted by Gasteiger charge is 2.41. The van der Waals surface area contributed by atoms with Crippen LogP contribution in [0.5, 0.6) is 0 Å². The number of carbonyl (C=O) groups is 2. The Morgan fingerprint density at radius 1 is 1.10 bits per heavy atom. The molecule has 2 aliphatic rings. The van der Waals surface area contributed by atoms with Gasteiger partial charge in [0.1, 0.15) is 0 Å². The molecule has 0 bridgehead atoms. The van der Waals surface area contributed by atoms with Crippen molar-refractivity contribution in [2.75, 3.05) is 4.90 Å². The molecule has 2 fully saturated rings. The van der Waals surface area contributed by atoms with Crippen LogP contribution in [-0.4, -0.2) is 23.9 Å². The van der Waals surface area contributed by atoms with E-state index in [4.69, 9.17) is 11.6 Å². The van der Waals surface area contributed by atoms with Gasteiger partial charge in [0.25, 0.3) is 5.91 Å². The molecule has 2 amide bonds. The molecule has 0 unspecified atom stereocenters. The summed E-state index contributed by atoms with van der Waals surface area (Å²) >= 11 is 6.11. The summed E-state index contributed by atoms with van der Waals surface area (Å²) in [5, 5.41) is 3.79. The predicted octanol–water partition coefficient (Wildman–Crippen LogP) is 2.89. The molecule has 0 spiro atoms. The van der Waals surface area contributed by atoms with Crippen LogP contribution in [-0.2, 0) is 9.59 Å². The van der Waals surface area contributed by atoms with Crippen molar-refractivity contribution in [3.8, 4) is 0 Å². The summed E-state index contributed by atoms with van der Waals surface area (Å²) in [6, 6.07) is 6.92. The molecule has 1 aromatic carbocycles. The molecule has 5 heteroatoms. The fourth-order valence-electron chi connectivity index (χ4n) is 3.20. The van der Waals surface area contributed by atoms with Crippen molar-refractivity contribution in [1.82, 2.24) is 5.32 Å². The molecule has 4 nitrogen and oxygen atoms in total. The van der Waals surface area contributed by atoms with E-state index < -0.39 is 6.04 Å². The van der Waals surface area contributed by atoms with Crippen LogP contribution < -0.4 is 10.2 Å². The number of anilines is 1. The van der Waals surface area contributed by atoms with Crippen LogP contribution in [0.4, 0.5) is 5.69 Å². The van der Waals surface area contributed by atoms with E-state index in [2.05, 4.69) is 5.32 Å². The van der Waals surface area contributed by atoms with E-state index in [0.29, 0.717) is 16.8 Å². The van der Waals surface area contributed by atoms with Crippen LogP contribution >= 0.6 is 11.6 Å². The zero-order valence-corrected chi connectivity index (χ0v) is 12.6. The Kier molecular flexibility index (Phi) is 4.27. The highest BCUT2D eigenvalue weighted by molar-refractivity contribution is 6.36. The standard InChI is InChI=1S/C16H19ClN2O2/c17-12-8-4-5-9-14(12)19-15(20)10-13(16(19)21)18-11-6-2-1-3-7-11/h4-5,8-9,11,13,18H,1-3,6-7,10H2/t13-/m0/s1. The monoisotopic (exact) mass is 306 g/mol. The smallest absolute Gasteiger partial charge is 0.251 e. The normalized spacial score (nSPS) is 23.9. The summed E-state index contributed by atoms with van der Waals surface area (Å²) in [6.07, 6.45) is 6.05. The number of nitrogens with zero attached hydrogens (tertiary/aromatic N) is 1. The quantitative estimate of drug-likeness (QED) is 0.874. The second-order valence-electron chi connectivity index (χ2n) is 5.78. The summed E-state index contributed by atoms with van der Waals surface area (Å²) < 4.78 is 0. The molecule has 1 N–H and O–H groups in total. The van der Waals surface area contributed by atoms with Crippen LogP contribution in [0.2, 0.25) is 5.02 Å². The highest BCUT2D eigenvalue weighted by Crippen LogP contribution is 2.30. The van der Waals surface area contributed by atoms with E-state index in [0.717, 1.165) is 12.8 Å². The van der Waals surface area contributed by atoms with Gasteiger partial charge >= 0.3 is 0 Å². The largest absolute Gasteiger partial charge is 0.303 e. The fraction of sp³-hybridized carbons (Fsp3) is 0.500. The van der Waals surface area contributed by atoms with Gasteiger partial charge in [-0.15, -0.1) is 0 Å². The lowest BCUT2D eigenvalue weighted by molar-refractivity contribution is -0.121. The number of para-hydroxylation sites is 1. The van der Waals surface area contributed by atoms with Crippen LogP contribution in [0.15, 0.2) is 24.3 Å². The molecule has 0 aromatic heterocycles. The van der Waals surface area contributed by atoms with Gasteiger partial charge in [0, 0.05) is 6.04 Å². The predicted molar refractivity (Wildman–Crippen MR) is 82.4 cm³/mol.